The number of rotatable bonds is 3. The Balaban J connectivity index is 1.52. The number of para-hydroxylation sites is 1. The highest BCUT2D eigenvalue weighted by Crippen LogP contribution is 2.34. The number of carbonyl (C=O) groups excluding carboxylic acids is 1. The zero-order chi connectivity index (χ0) is 20.0. The minimum atomic E-state index is -0.156. The maximum absolute atomic E-state index is 12.5. The number of hydrogen-bond acceptors (Lipinski definition) is 2. The molecule has 0 aliphatic rings. The second-order valence-corrected chi connectivity index (χ2v) is 7.46. The molecule has 1 aromatic heterocycles. The van der Waals surface area contributed by atoms with Crippen LogP contribution in [0.4, 0.5) is 5.69 Å². The van der Waals surface area contributed by atoms with Gasteiger partial charge in [0.15, 0.2) is 0 Å². The van der Waals surface area contributed by atoms with Crippen molar-refractivity contribution in [2.75, 3.05) is 5.32 Å². The number of carbonyl (C=O) groups is 1. The molecule has 142 valence electrons. The van der Waals surface area contributed by atoms with Crippen molar-refractivity contribution >= 4 is 44.2 Å². The van der Waals surface area contributed by atoms with E-state index in [1.54, 1.807) is 6.07 Å². The van der Waals surface area contributed by atoms with Crippen molar-refractivity contribution in [3.8, 4) is 5.75 Å². The Bertz CT molecular complexity index is 1400. The molecule has 0 radical (unpaired) electrons. The maximum Gasteiger partial charge on any atom is 0.228 e. The SMILES string of the molecule is Cc1cccc(NC(=O)Cc2cc3ccc4c5ccccc5[nH]c4c3cc2O)c1. The van der Waals surface area contributed by atoms with Crippen LogP contribution in [0.15, 0.2) is 72.8 Å². The number of phenols is 1. The van der Waals surface area contributed by atoms with E-state index in [4.69, 9.17) is 0 Å². The van der Waals surface area contributed by atoms with E-state index in [-0.39, 0.29) is 18.1 Å². The van der Waals surface area contributed by atoms with Crippen LogP contribution in [0.1, 0.15) is 11.1 Å². The molecule has 3 N–H and O–H groups in total. The summed E-state index contributed by atoms with van der Waals surface area (Å²) in [5.41, 5.74) is 4.51. The van der Waals surface area contributed by atoms with E-state index in [0.717, 1.165) is 43.8 Å². The van der Waals surface area contributed by atoms with E-state index in [0.29, 0.717) is 5.56 Å². The molecule has 0 unspecified atom stereocenters. The molecule has 1 heterocycles. The lowest BCUT2D eigenvalue weighted by Crippen LogP contribution is -2.14. The number of H-pyrrole nitrogens is 1. The van der Waals surface area contributed by atoms with Crippen molar-refractivity contribution in [2.45, 2.75) is 13.3 Å². The molecule has 0 saturated carbocycles. The fourth-order valence-corrected chi connectivity index (χ4v) is 3.97. The Kier molecular flexibility index (Phi) is 3.98. The maximum atomic E-state index is 12.5. The predicted molar refractivity (Wildman–Crippen MR) is 118 cm³/mol. The Labute approximate surface area is 167 Å². The van der Waals surface area contributed by atoms with Crippen LogP contribution in [0.5, 0.6) is 5.75 Å². The van der Waals surface area contributed by atoms with E-state index in [9.17, 15) is 9.90 Å². The number of nitrogens with one attached hydrogen (secondary N) is 2. The average molecular weight is 380 g/mol. The lowest BCUT2D eigenvalue weighted by molar-refractivity contribution is -0.115. The standard InChI is InChI=1S/C25H20N2O2/c1-15-5-4-6-18(11-15)26-24(29)13-17-12-16-9-10-20-19-7-2-3-8-22(19)27-25(20)21(16)14-23(17)28/h2-12,14,27-28H,13H2,1H3,(H,26,29). The van der Waals surface area contributed by atoms with Gasteiger partial charge < -0.3 is 15.4 Å². The first kappa shape index (κ1) is 17.3. The average Bonchev–Trinajstić information content (AvgIpc) is 3.08. The van der Waals surface area contributed by atoms with E-state index in [1.165, 1.54) is 0 Å². The Morgan fingerprint density at radius 1 is 0.931 bits per heavy atom. The van der Waals surface area contributed by atoms with Crippen molar-refractivity contribution in [3.63, 3.8) is 0 Å². The molecule has 1 amide bonds. The van der Waals surface area contributed by atoms with Crippen LogP contribution in [0, 0.1) is 6.92 Å². The molecule has 0 aliphatic heterocycles. The van der Waals surface area contributed by atoms with Gasteiger partial charge in [0.05, 0.1) is 11.9 Å². The van der Waals surface area contributed by atoms with Gasteiger partial charge in [-0.25, -0.2) is 0 Å². The monoisotopic (exact) mass is 380 g/mol. The normalized spacial score (nSPS) is 11.3. The summed E-state index contributed by atoms with van der Waals surface area (Å²) in [6.07, 6.45) is 0.112. The summed E-state index contributed by atoms with van der Waals surface area (Å²) in [6.45, 7) is 1.98. The second-order valence-electron chi connectivity index (χ2n) is 7.46. The minimum Gasteiger partial charge on any atom is -0.508 e. The minimum absolute atomic E-state index is 0.112. The molecule has 5 aromatic rings. The van der Waals surface area contributed by atoms with Crippen molar-refractivity contribution in [1.82, 2.24) is 4.98 Å². The Morgan fingerprint density at radius 3 is 2.66 bits per heavy atom. The number of aromatic hydroxyl groups is 1. The van der Waals surface area contributed by atoms with Gasteiger partial charge in [0.25, 0.3) is 0 Å². The van der Waals surface area contributed by atoms with Gasteiger partial charge in [0.2, 0.25) is 5.91 Å². The molecular formula is C25H20N2O2. The van der Waals surface area contributed by atoms with Gasteiger partial charge in [-0.2, -0.15) is 0 Å². The van der Waals surface area contributed by atoms with Gasteiger partial charge in [0.1, 0.15) is 5.75 Å². The third kappa shape index (κ3) is 3.09. The lowest BCUT2D eigenvalue weighted by Gasteiger charge is -2.09. The van der Waals surface area contributed by atoms with E-state index < -0.39 is 0 Å². The van der Waals surface area contributed by atoms with Gasteiger partial charge in [-0.05, 0) is 48.2 Å². The number of aryl methyl sites for hydroxylation is 1. The number of phenolic OH excluding ortho intramolecular Hbond substituents is 1. The summed E-state index contributed by atoms with van der Waals surface area (Å²) in [6, 6.07) is 23.6. The number of benzene rings is 4. The summed E-state index contributed by atoms with van der Waals surface area (Å²) in [4.78, 5) is 15.9. The molecule has 0 fully saturated rings. The van der Waals surface area contributed by atoms with Gasteiger partial charge in [0, 0.05) is 32.9 Å². The van der Waals surface area contributed by atoms with Crippen molar-refractivity contribution in [3.05, 3.63) is 83.9 Å². The third-order valence-electron chi connectivity index (χ3n) is 5.35. The number of anilines is 1. The fraction of sp³-hybridized carbons (Fsp3) is 0.0800. The van der Waals surface area contributed by atoms with Gasteiger partial charge in [-0.1, -0.05) is 42.5 Å². The number of fused-ring (bicyclic) bond motifs is 5. The predicted octanol–water partition coefficient (Wildman–Crippen LogP) is 5.67. The Hall–Kier alpha value is -3.79. The highest BCUT2D eigenvalue weighted by Gasteiger charge is 2.13. The van der Waals surface area contributed by atoms with Crippen LogP contribution in [0.3, 0.4) is 0 Å². The van der Waals surface area contributed by atoms with E-state index >= 15 is 0 Å². The topological polar surface area (TPSA) is 65.1 Å². The smallest absolute Gasteiger partial charge is 0.228 e. The number of aromatic amines is 1. The van der Waals surface area contributed by atoms with Gasteiger partial charge >= 0.3 is 0 Å². The molecule has 0 spiro atoms. The molecule has 4 heteroatoms. The number of hydrogen-bond donors (Lipinski definition) is 3. The third-order valence-corrected chi connectivity index (χ3v) is 5.35. The molecule has 5 rings (SSSR count). The van der Waals surface area contributed by atoms with Crippen molar-refractivity contribution in [1.29, 1.82) is 0 Å². The quantitative estimate of drug-likeness (QED) is 0.378. The number of amides is 1. The largest absolute Gasteiger partial charge is 0.508 e. The summed E-state index contributed by atoms with van der Waals surface area (Å²) in [5, 5.41) is 17.7. The zero-order valence-electron chi connectivity index (χ0n) is 16.0. The van der Waals surface area contributed by atoms with Gasteiger partial charge in [-0.3, -0.25) is 4.79 Å². The van der Waals surface area contributed by atoms with Crippen LogP contribution in [-0.4, -0.2) is 16.0 Å². The van der Waals surface area contributed by atoms with Gasteiger partial charge in [-0.15, -0.1) is 0 Å². The molecule has 4 aromatic carbocycles. The summed E-state index contributed by atoms with van der Waals surface area (Å²) in [7, 11) is 0. The van der Waals surface area contributed by atoms with Crippen LogP contribution >= 0.6 is 0 Å². The van der Waals surface area contributed by atoms with Crippen LogP contribution in [-0.2, 0) is 11.2 Å². The first-order chi connectivity index (χ1) is 14.1. The summed E-state index contributed by atoms with van der Waals surface area (Å²) in [5.74, 6) is -0.0278. The molecule has 0 aliphatic carbocycles. The summed E-state index contributed by atoms with van der Waals surface area (Å²) < 4.78 is 0. The highest BCUT2D eigenvalue weighted by molar-refractivity contribution is 6.17. The molecule has 29 heavy (non-hydrogen) atoms. The molecule has 0 saturated heterocycles. The molecular weight excluding hydrogens is 360 g/mol. The van der Waals surface area contributed by atoms with Crippen LogP contribution in [0.2, 0.25) is 0 Å². The first-order valence-corrected chi connectivity index (χ1v) is 9.60. The fourth-order valence-electron chi connectivity index (χ4n) is 3.97. The van der Waals surface area contributed by atoms with Crippen molar-refractivity contribution < 1.29 is 9.90 Å². The summed E-state index contributed by atoms with van der Waals surface area (Å²) >= 11 is 0. The molecule has 0 atom stereocenters. The lowest BCUT2D eigenvalue weighted by atomic mass is 10.0. The molecule has 0 bridgehead atoms. The van der Waals surface area contributed by atoms with E-state index in [1.807, 2.05) is 61.5 Å². The Morgan fingerprint density at radius 2 is 1.79 bits per heavy atom. The molecule has 4 nitrogen and oxygen atoms in total. The highest BCUT2D eigenvalue weighted by atomic mass is 16.3. The van der Waals surface area contributed by atoms with Crippen LogP contribution in [0.25, 0.3) is 32.6 Å². The first-order valence-electron chi connectivity index (χ1n) is 9.60. The van der Waals surface area contributed by atoms with Crippen LogP contribution < -0.4 is 5.32 Å². The van der Waals surface area contributed by atoms with E-state index in [2.05, 4.69) is 22.4 Å². The number of aromatic nitrogens is 1. The van der Waals surface area contributed by atoms with Crippen molar-refractivity contribution in [2.24, 2.45) is 0 Å². The zero-order valence-corrected chi connectivity index (χ0v) is 16.0. The second kappa shape index (κ2) is 6.67.